The van der Waals surface area contributed by atoms with E-state index in [4.69, 9.17) is 9.47 Å². The second-order valence-electron chi connectivity index (χ2n) is 5.34. The summed E-state index contributed by atoms with van der Waals surface area (Å²) >= 11 is 1.10. The molecule has 0 aliphatic rings. The van der Waals surface area contributed by atoms with Gasteiger partial charge in [0.25, 0.3) is 11.6 Å². The Morgan fingerprint density at radius 1 is 1.22 bits per heavy atom. The molecule has 0 aliphatic carbocycles. The number of aromatic nitrogens is 1. The first-order chi connectivity index (χ1) is 12.9. The van der Waals surface area contributed by atoms with Gasteiger partial charge < -0.3 is 9.47 Å². The summed E-state index contributed by atoms with van der Waals surface area (Å²) in [7, 11) is 1.39. The Balaban J connectivity index is 1.84. The second kappa shape index (κ2) is 7.38. The number of hydrogen-bond acceptors (Lipinski definition) is 8. The van der Waals surface area contributed by atoms with Gasteiger partial charge in [-0.1, -0.05) is 11.3 Å². The predicted molar refractivity (Wildman–Crippen MR) is 98.5 cm³/mol. The summed E-state index contributed by atoms with van der Waals surface area (Å²) in [4.78, 5) is 38.0. The first-order valence-electron chi connectivity index (χ1n) is 7.60. The third kappa shape index (κ3) is 4.01. The van der Waals surface area contributed by atoms with Crippen molar-refractivity contribution >= 4 is 44.2 Å². The molecular weight excluding hydrogens is 374 g/mol. The molecule has 1 amide bonds. The monoisotopic (exact) mass is 387 g/mol. The molecule has 0 radical (unpaired) electrons. The molecule has 0 fully saturated rings. The lowest BCUT2D eigenvalue weighted by Gasteiger charge is -2.04. The van der Waals surface area contributed by atoms with Gasteiger partial charge in [-0.05, 0) is 24.3 Å². The van der Waals surface area contributed by atoms with Crippen molar-refractivity contribution in [1.82, 2.24) is 4.98 Å². The van der Waals surface area contributed by atoms with Crippen LogP contribution in [-0.2, 0) is 4.79 Å². The average Bonchev–Trinajstić information content (AvgIpc) is 3.03. The zero-order chi connectivity index (χ0) is 19.6. The zero-order valence-electron chi connectivity index (χ0n) is 14.2. The third-order valence-corrected chi connectivity index (χ3v) is 4.39. The quantitative estimate of drug-likeness (QED) is 0.308. The number of carbonyl (C=O) groups is 2. The van der Waals surface area contributed by atoms with Crippen molar-refractivity contribution in [2.75, 3.05) is 12.4 Å². The number of amides is 1. The van der Waals surface area contributed by atoms with Crippen LogP contribution in [0.4, 0.5) is 10.8 Å². The molecule has 2 aromatic carbocycles. The fraction of sp³-hybridized carbons (Fsp3) is 0.118. The molecule has 0 atom stereocenters. The van der Waals surface area contributed by atoms with Crippen LogP contribution in [0, 0.1) is 10.1 Å². The number of ether oxygens (including phenoxy) is 2. The number of carbonyl (C=O) groups excluding carboxylic acids is 2. The lowest BCUT2D eigenvalue weighted by Crippen LogP contribution is -2.11. The number of methoxy groups -OCH3 is 1. The average molecular weight is 387 g/mol. The number of rotatable bonds is 5. The highest BCUT2D eigenvalue weighted by Gasteiger charge is 2.17. The van der Waals surface area contributed by atoms with Gasteiger partial charge in [-0.3, -0.25) is 25.0 Å². The van der Waals surface area contributed by atoms with Crippen molar-refractivity contribution in [3.05, 3.63) is 52.1 Å². The van der Waals surface area contributed by atoms with Crippen LogP contribution >= 0.6 is 11.3 Å². The van der Waals surface area contributed by atoms with Gasteiger partial charge in [0.05, 0.1) is 22.8 Å². The molecule has 138 valence electrons. The van der Waals surface area contributed by atoms with Gasteiger partial charge in [0.2, 0.25) is 0 Å². The molecule has 1 N–H and O–H groups in total. The van der Waals surface area contributed by atoms with Crippen molar-refractivity contribution in [2.24, 2.45) is 0 Å². The van der Waals surface area contributed by atoms with E-state index in [-0.39, 0.29) is 16.6 Å². The maximum atomic E-state index is 12.4. The molecule has 27 heavy (non-hydrogen) atoms. The van der Waals surface area contributed by atoms with Gasteiger partial charge in [-0.2, -0.15) is 0 Å². The van der Waals surface area contributed by atoms with E-state index in [1.165, 1.54) is 50.4 Å². The van der Waals surface area contributed by atoms with Crippen LogP contribution in [0.25, 0.3) is 10.2 Å². The number of fused-ring (bicyclic) bond motifs is 1. The summed E-state index contributed by atoms with van der Waals surface area (Å²) in [5, 5.41) is 13.9. The number of benzene rings is 2. The van der Waals surface area contributed by atoms with Crippen molar-refractivity contribution in [3.63, 3.8) is 0 Å². The molecular formula is C17H13N3O6S. The Labute approximate surface area is 156 Å². The van der Waals surface area contributed by atoms with Crippen LogP contribution in [-0.4, -0.2) is 28.9 Å². The van der Waals surface area contributed by atoms with Crippen LogP contribution in [0.15, 0.2) is 36.4 Å². The minimum atomic E-state index is -0.523. The maximum absolute atomic E-state index is 12.4. The smallest absolute Gasteiger partial charge is 0.308 e. The summed E-state index contributed by atoms with van der Waals surface area (Å²) in [6, 6.07) is 8.67. The van der Waals surface area contributed by atoms with Crippen molar-refractivity contribution in [2.45, 2.75) is 6.92 Å². The molecule has 0 unspecified atom stereocenters. The number of anilines is 1. The van der Waals surface area contributed by atoms with Crippen molar-refractivity contribution in [3.8, 4) is 11.5 Å². The summed E-state index contributed by atoms with van der Waals surface area (Å²) < 4.78 is 10.6. The number of nitro benzene ring substituents is 1. The van der Waals surface area contributed by atoms with Gasteiger partial charge in [-0.25, -0.2) is 4.98 Å². The van der Waals surface area contributed by atoms with E-state index in [1.807, 2.05) is 0 Å². The molecule has 1 aromatic heterocycles. The van der Waals surface area contributed by atoms with E-state index in [1.54, 1.807) is 0 Å². The number of esters is 1. The Morgan fingerprint density at radius 2 is 1.93 bits per heavy atom. The number of nitrogens with one attached hydrogen (secondary N) is 1. The summed E-state index contributed by atoms with van der Waals surface area (Å²) in [5.74, 6) is -0.292. The normalized spacial score (nSPS) is 10.4. The topological polar surface area (TPSA) is 121 Å². The highest BCUT2D eigenvalue weighted by Crippen LogP contribution is 2.36. The molecule has 0 aliphatic heterocycles. The number of thiazole rings is 1. The third-order valence-electron chi connectivity index (χ3n) is 3.47. The lowest BCUT2D eigenvalue weighted by atomic mass is 10.2. The van der Waals surface area contributed by atoms with Crippen LogP contribution in [0.5, 0.6) is 11.5 Å². The molecule has 0 spiro atoms. The summed E-state index contributed by atoms with van der Waals surface area (Å²) in [5.41, 5.74) is 0.638. The van der Waals surface area contributed by atoms with Crippen molar-refractivity contribution in [1.29, 1.82) is 0 Å². The van der Waals surface area contributed by atoms with Crippen molar-refractivity contribution < 1.29 is 24.0 Å². The Bertz CT molecular complexity index is 1040. The van der Waals surface area contributed by atoms with E-state index in [0.29, 0.717) is 21.5 Å². The SMILES string of the molecule is COc1cc([N+](=O)[O-])cc2sc(NC(=O)c3ccc(OC(C)=O)cc3)nc12. The molecule has 9 nitrogen and oxygen atoms in total. The molecule has 3 rings (SSSR count). The lowest BCUT2D eigenvalue weighted by molar-refractivity contribution is -0.384. The summed E-state index contributed by atoms with van der Waals surface area (Å²) in [6.07, 6.45) is 0. The van der Waals surface area contributed by atoms with Gasteiger partial charge in [0.15, 0.2) is 10.9 Å². The minimum Gasteiger partial charge on any atom is -0.494 e. The van der Waals surface area contributed by atoms with Crippen LogP contribution in [0.1, 0.15) is 17.3 Å². The molecule has 1 heterocycles. The van der Waals surface area contributed by atoms with Gasteiger partial charge in [0, 0.05) is 18.6 Å². The fourth-order valence-corrected chi connectivity index (χ4v) is 3.22. The first kappa shape index (κ1) is 18.3. The van der Waals surface area contributed by atoms with Crippen LogP contribution in [0.2, 0.25) is 0 Å². The van der Waals surface area contributed by atoms with E-state index < -0.39 is 16.8 Å². The van der Waals surface area contributed by atoms with Gasteiger partial charge >= 0.3 is 5.97 Å². The van der Waals surface area contributed by atoms with Gasteiger partial charge in [0.1, 0.15) is 11.3 Å². The van der Waals surface area contributed by atoms with Crippen LogP contribution < -0.4 is 14.8 Å². The minimum absolute atomic E-state index is 0.123. The molecule has 0 saturated heterocycles. The van der Waals surface area contributed by atoms with E-state index in [9.17, 15) is 19.7 Å². The van der Waals surface area contributed by atoms with E-state index >= 15 is 0 Å². The zero-order valence-corrected chi connectivity index (χ0v) is 15.0. The standard InChI is InChI=1S/C17H13N3O6S/c1-9(21)26-12-5-3-10(4-6-12)16(22)19-17-18-15-13(25-2)7-11(20(23)24)8-14(15)27-17/h3-8H,1-2H3,(H,18,19,22). The highest BCUT2D eigenvalue weighted by molar-refractivity contribution is 7.22. The van der Waals surface area contributed by atoms with Crippen LogP contribution in [0.3, 0.4) is 0 Å². The van der Waals surface area contributed by atoms with E-state index in [2.05, 4.69) is 10.3 Å². The predicted octanol–water partition coefficient (Wildman–Crippen LogP) is 3.39. The molecule has 3 aromatic rings. The Kier molecular flexibility index (Phi) is 4.99. The number of nitro groups is 1. The fourth-order valence-electron chi connectivity index (χ4n) is 2.31. The Morgan fingerprint density at radius 3 is 2.52 bits per heavy atom. The van der Waals surface area contributed by atoms with E-state index in [0.717, 1.165) is 11.3 Å². The molecule has 0 saturated carbocycles. The number of hydrogen-bond donors (Lipinski definition) is 1. The van der Waals surface area contributed by atoms with Gasteiger partial charge in [-0.15, -0.1) is 0 Å². The highest BCUT2D eigenvalue weighted by atomic mass is 32.1. The largest absolute Gasteiger partial charge is 0.494 e. The number of nitrogens with zero attached hydrogens (tertiary/aromatic N) is 2. The summed E-state index contributed by atoms with van der Waals surface area (Å²) in [6.45, 7) is 1.28. The Hall–Kier alpha value is -3.53. The number of non-ortho nitro benzene ring substituents is 1. The molecule has 10 heteroatoms. The second-order valence-corrected chi connectivity index (χ2v) is 6.37. The first-order valence-corrected chi connectivity index (χ1v) is 8.42. The molecule has 0 bridgehead atoms. The maximum Gasteiger partial charge on any atom is 0.308 e.